The lowest BCUT2D eigenvalue weighted by molar-refractivity contribution is -0.121. The van der Waals surface area contributed by atoms with Crippen molar-refractivity contribution in [3.8, 4) is 5.75 Å². The number of carbonyl (C=O) groups is 1. The summed E-state index contributed by atoms with van der Waals surface area (Å²) in [7, 11) is 2.00. The van der Waals surface area contributed by atoms with Gasteiger partial charge in [0, 0.05) is 32.6 Å². The molecule has 0 aliphatic heterocycles. The summed E-state index contributed by atoms with van der Waals surface area (Å²) in [5.41, 5.74) is 1.18. The van der Waals surface area contributed by atoms with Crippen LogP contribution in [0.3, 0.4) is 0 Å². The summed E-state index contributed by atoms with van der Waals surface area (Å²) in [4.78, 5) is 18.5. The second kappa shape index (κ2) is 14.5. The molecule has 27 heavy (non-hydrogen) atoms. The first kappa shape index (κ1) is 25.5. The van der Waals surface area contributed by atoms with Crippen molar-refractivity contribution in [3.63, 3.8) is 0 Å². The van der Waals surface area contributed by atoms with Crippen LogP contribution in [-0.2, 0) is 11.3 Å². The van der Waals surface area contributed by atoms with Crippen LogP contribution in [0.5, 0.6) is 5.75 Å². The van der Waals surface area contributed by atoms with E-state index in [2.05, 4.69) is 39.6 Å². The number of hydrogen-bond donors (Lipinski definition) is 2. The van der Waals surface area contributed by atoms with Crippen LogP contribution in [0, 0.1) is 0 Å². The van der Waals surface area contributed by atoms with Gasteiger partial charge in [-0.15, -0.1) is 24.0 Å². The summed E-state index contributed by atoms with van der Waals surface area (Å²) >= 11 is 0. The summed E-state index contributed by atoms with van der Waals surface area (Å²) in [5, 5.41) is 6.25. The molecule has 0 heterocycles. The molecule has 0 aliphatic rings. The van der Waals surface area contributed by atoms with E-state index in [-0.39, 0.29) is 35.9 Å². The maximum atomic E-state index is 11.9. The van der Waals surface area contributed by atoms with Crippen LogP contribution >= 0.6 is 24.0 Å². The van der Waals surface area contributed by atoms with Gasteiger partial charge in [0.1, 0.15) is 5.75 Å². The highest BCUT2D eigenvalue weighted by atomic mass is 127. The molecule has 0 aliphatic carbocycles. The number of aliphatic imine (C=N–C) groups is 1. The first-order valence-corrected chi connectivity index (χ1v) is 9.50. The zero-order valence-electron chi connectivity index (χ0n) is 17.2. The Morgan fingerprint density at radius 2 is 1.89 bits per heavy atom. The van der Waals surface area contributed by atoms with Crippen LogP contribution in [-0.4, -0.2) is 49.6 Å². The van der Waals surface area contributed by atoms with Crippen LogP contribution in [0.1, 0.15) is 46.1 Å². The number of benzene rings is 1. The number of amides is 1. The SMILES string of the molecule is CCNC(=NCCC(=O)NC(C)CC)N(C)Cc1ccc(OCC)cc1.I. The molecule has 2 N–H and O–H groups in total. The van der Waals surface area contributed by atoms with Gasteiger partial charge < -0.3 is 20.3 Å². The number of hydrogen-bond acceptors (Lipinski definition) is 3. The van der Waals surface area contributed by atoms with E-state index >= 15 is 0 Å². The number of carbonyl (C=O) groups excluding carboxylic acids is 1. The van der Waals surface area contributed by atoms with Crippen molar-refractivity contribution >= 4 is 35.8 Å². The first-order valence-electron chi connectivity index (χ1n) is 9.50. The topological polar surface area (TPSA) is 66.0 Å². The Bertz CT molecular complexity index is 564. The predicted octanol–water partition coefficient (Wildman–Crippen LogP) is 3.41. The third-order valence-electron chi connectivity index (χ3n) is 3.97. The van der Waals surface area contributed by atoms with Crippen LogP contribution in [0.25, 0.3) is 0 Å². The average molecular weight is 490 g/mol. The molecule has 0 fully saturated rings. The molecular weight excluding hydrogens is 455 g/mol. The molecule has 1 rings (SSSR count). The summed E-state index contributed by atoms with van der Waals surface area (Å²) in [6, 6.07) is 8.29. The van der Waals surface area contributed by atoms with Crippen molar-refractivity contribution in [1.82, 2.24) is 15.5 Å². The second-order valence-electron chi connectivity index (χ2n) is 6.30. The van der Waals surface area contributed by atoms with E-state index in [0.717, 1.165) is 31.2 Å². The average Bonchev–Trinajstić information content (AvgIpc) is 2.62. The highest BCUT2D eigenvalue weighted by molar-refractivity contribution is 14.0. The molecule has 7 heteroatoms. The van der Waals surface area contributed by atoms with Crippen LogP contribution < -0.4 is 15.4 Å². The number of halogens is 1. The fourth-order valence-electron chi connectivity index (χ4n) is 2.39. The van der Waals surface area contributed by atoms with Gasteiger partial charge in [-0.3, -0.25) is 9.79 Å². The Morgan fingerprint density at radius 3 is 2.44 bits per heavy atom. The van der Waals surface area contributed by atoms with E-state index in [1.807, 2.05) is 40.0 Å². The summed E-state index contributed by atoms with van der Waals surface area (Å²) in [6.07, 6.45) is 1.33. The van der Waals surface area contributed by atoms with Gasteiger partial charge in [0.05, 0.1) is 13.2 Å². The Kier molecular flexibility index (Phi) is 13.7. The van der Waals surface area contributed by atoms with E-state index in [4.69, 9.17) is 4.74 Å². The lowest BCUT2D eigenvalue weighted by Gasteiger charge is -2.22. The van der Waals surface area contributed by atoms with Gasteiger partial charge in [0.25, 0.3) is 0 Å². The molecule has 0 saturated carbocycles. The van der Waals surface area contributed by atoms with Gasteiger partial charge in [0.15, 0.2) is 5.96 Å². The third-order valence-corrected chi connectivity index (χ3v) is 3.97. The molecule has 0 spiro atoms. The third kappa shape index (κ3) is 10.4. The van der Waals surface area contributed by atoms with E-state index in [9.17, 15) is 4.79 Å². The zero-order valence-corrected chi connectivity index (χ0v) is 19.6. The Morgan fingerprint density at radius 1 is 1.22 bits per heavy atom. The number of nitrogens with zero attached hydrogens (tertiary/aromatic N) is 2. The number of rotatable bonds is 10. The second-order valence-corrected chi connectivity index (χ2v) is 6.30. The Labute approximate surface area is 181 Å². The van der Waals surface area contributed by atoms with E-state index < -0.39 is 0 Å². The highest BCUT2D eigenvalue weighted by Gasteiger charge is 2.08. The zero-order chi connectivity index (χ0) is 19.4. The van der Waals surface area contributed by atoms with E-state index in [0.29, 0.717) is 19.6 Å². The molecule has 0 radical (unpaired) electrons. The van der Waals surface area contributed by atoms with E-state index in [1.165, 1.54) is 5.56 Å². The Balaban J connectivity index is 0.00000676. The lowest BCUT2D eigenvalue weighted by Crippen LogP contribution is -2.39. The number of guanidine groups is 1. The molecule has 0 bridgehead atoms. The summed E-state index contributed by atoms with van der Waals surface area (Å²) in [6.45, 7) is 10.7. The highest BCUT2D eigenvalue weighted by Crippen LogP contribution is 2.13. The molecule has 1 amide bonds. The molecule has 6 nitrogen and oxygen atoms in total. The van der Waals surface area contributed by atoms with Crippen molar-refractivity contribution in [2.75, 3.05) is 26.7 Å². The smallest absolute Gasteiger partial charge is 0.222 e. The first-order chi connectivity index (χ1) is 12.5. The fraction of sp³-hybridized carbons (Fsp3) is 0.600. The minimum Gasteiger partial charge on any atom is -0.494 e. The van der Waals surface area contributed by atoms with Crippen LogP contribution in [0.15, 0.2) is 29.3 Å². The predicted molar refractivity (Wildman–Crippen MR) is 123 cm³/mol. The van der Waals surface area contributed by atoms with Crippen molar-refractivity contribution in [2.45, 2.75) is 53.1 Å². The Hall–Kier alpha value is -1.51. The maximum absolute atomic E-state index is 11.9. The maximum Gasteiger partial charge on any atom is 0.222 e. The molecule has 1 unspecified atom stereocenters. The lowest BCUT2D eigenvalue weighted by atomic mass is 10.2. The number of ether oxygens (including phenoxy) is 1. The molecular formula is C20H35IN4O2. The van der Waals surface area contributed by atoms with Crippen LogP contribution in [0.2, 0.25) is 0 Å². The molecule has 1 atom stereocenters. The van der Waals surface area contributed by atoms with E-state index in [1.54, 1.807) is 0 Å². The van der Waals surface area contributed by atoms with Crippen molar-refractivity contribution < 1.29 is 9.53 Å². The van der Waals surface area contributed by atoms with Crippen molar-refractivity contribution in [3.05, 3.63) is 29.8 Å². The van der Waals surface area contributed by atoms with Gasteiger partial charge >= 0.3 is 0 Å². The van der Waals surface area contributed by atoms with Crippen molar-refractivity contribution in [2.24, 2.45) is 4.99 Å². The normalized spacial score (nSPS) is 12.0. The molecule has 1 aromatic rings. The van der Waals surface area contributed by atoms with Crippen LogP contribution in [0.4, 0.5) is 0 Å². The largest absolute Gasteiger partial charge is 0.494 e. The standard InChI is InChI=1S/C20H34N4O2.HI/c1-6-16(4)23-19(25)13-14-22-20(21-7-2)24(5)15-17-9-11-18(12-10-17)26-8-3;/h9-12,16H,6-8,13-15H2,1-5H3,(H,21,22)(H,23,25);1H. The van der Waals surface area contributed by atoms with Gasteiger partial charge in [-0.25, -0.2) is 0 Å². The molecule has 0 saturated heterocycles. The molecule has 0 aromatic heterocycles. The molecule has 154 valence electrons. The quantitative estimate of drug-likeness (QED) is 0.300. The summed E-state index contributed by atoms with van der Waals surface area (Å²) < 4.78 is 5.48. The molecule has 1 aromatic carbocycles. The van der Waals surface area contributed by atoms with Gasteiger partial charge in [-0.05, 0) is 44.9 Å². The minimum absolute atomic E-state index is 0. The van der Waals surface area contributed by atoms with Gasteiger partial charge in [-0.2, -0.15) is 0 Å². The van der Waals surface area contributed by atoms with Crippen molar-refractivity contribution in [1.29, 1.82) is 0 Å². The fourth-order valence-corrected chi connectivity index (χ4v) is 2.39. The monoisotopic (exact) mass is 490 g/mol. The van der Waals surface area contributed by atoms with Gasteiger partial charge in [-0.1, -0.05) is 19.1 Å². The summed E-state index contributed by atoms with van der Waals surface area (Å²) in [5.74, 6) is 1.73. The minimum atomic E-state index is 0. The van der Waals surface area contributed by atoms with Gasteiger partial charge in [0.2, 0.25) is 5.91 Å². The number of nitrogens with one attached hydrogen (secondary N) is 2.